The third-order valence-electron chi connectivity index (χ3n) is 7.18. The fourth-order valence-electron chi connectivity index (χ4n) is 5.15. The number of rotatable bonds is 5. The van der Waals surface area contributed by atoms with Crippen LogP contribution in [0.5, 0.6) is 0 Å². The van der Waals surface area contributed by atoms with Crippen molar-refractivity contribution in [2.45, 2.75) is 19.9 Å². The summed E-state index contributed by atoms with van der Waals surface area (Å²) in [6.45, 7) is 7.06. The predicted octanol–water partition coefficient (Wildman–Crippen LogP) is 3.04. The molecule has 37 heavy (non-hydrogen) atoms. The SMILES string of the molecule is CC1=C(/C=C2\C(=O)Nc3ccc(/C(C=Nc4ccccc4)=C/N)cc32)NC(C)C1C(=O)N1CCNCC1. The third-order valence-corrected chi connectivity index (χ3v) is 7.18. The molecule has 190 valence electrons. The molecule has 2 aromatic rings. The molecular formula is C29H32N6O2. The van der Waals surface area contributed by atoms with Crippen LogP contribution in [-0.2, 0) is 9.59 Å². The van der Waals surface area contributed by atoms with Gasteiger partial charge in [-0.05, 0) is 55.3 Å². The van der Waals surface area contributed by atoms with Crippen LogP contribution in [0.25, 0.3) is 11.1 Å². The number of hydrogen-bond donors (Lipinski definition) is 4. The van der Waals surface area contributed by atoms with E-state index in [1.54, 1.807) is 6.21 Å². The minimum absolute atomic E-state index is 0.0505. The van der Waals surface area contributed by atoms with Gasteiger partial charge in [0.15, 0.2) is 0 Å². The van der Waals surface area contributed by atoms with Crippen molar-refractivity contribution >= 4 is 40.5 Å². The zero-order valence-corrected chi connectivity index (χ0v) is 21.1. The summed E-state index contributed by atoms with van der Waals surface area (Å²) in [5.41, 5.74) is 12.2. The average molecular weight is 497 g/mol. The molecule has 2 unspecified atom stereocenters. The molecule has 1 saturated heterocycles. The predicted molar refractivity (Wildman–Crippen MR) is 148 cm³/mol. The van der Waals surface area contributed by atoms with Crippen LogP contribution in [0.4, 0.5) is 11.4 Å². The van der Waals surface area contributed by atoms with Gasteiger partial charge < -0.3 is 26.6 Å². The van der Waals surface area contributed by atoms with E-state index in [4.69, 9.17) is 5.73 Å². The summed E-state index contributed by atoms with van der Waals surface area (Å²) in [4.78, 5) is 32.7. The van der Waals surface area contributed by atoms with Crippen LogP contribution in [0.3, 0.4) is 0 Å². The number of fused-ring (bicyclic) bond motifs is 1. The Bertz CT molecular complexity index is 1340. The Kier molecular flexibility index (Phi) is 6.92. The number of nitrogens with zero attached hydrogens (tertiary/aromatic N) is 2. The van der Waals surface area contributed by atoms with Crippen LogP contribution in [-0.4, -0.2) is 55.1 Å². The van der Waals surface area contributed by atoms with E-state index in [1.165, 1.54) is 6.20 Å². The molecule has 0 aliphatic carbocycles. The van der Waals surface area contributed by atoms with Crippen molar-refractivity contribution < 1.29 is 9.59 Å². The first kappa shape index (κ1) is 24.5. The molecule has 3 heterocycles. The normalized spacial score (nSPS) is 23.0. The molecule has 0 bridgehead atoms. The second-order valence-electron chi connectivity index (χ2n) is 9.57. The summed E-state index contributed by atoms with van der Waals surface area (Å²) in [6, 6.07) is 15.3. The third kappa shape index (κ3) is 4.93. The van der Waals surface area contributed by atoms with Crippen molar-refractivity contribution in [1.29, 1.82) is 0 Å². The highest BCUT2D eigenvalue weighted by Gasteiger charge is 2.37. The lowest BCUT2D eigenvalue weighted by Gasteiger charge is -2.31. The summed E-state index contributed by atoms with van der Waals surface area (Å²) >= 11 is 0. The second-order valence-corrected chi connectivity index (χ2v) is 9.57. The van der Waals surface area contributed by atoms with E-state index < -0.39 is 0 Å². The first-order valence-corrected chi connectivity index (χ1v) is 12.6. The van der Waals surface area contributed by atoms with Crippen LogP contribution in [0, 0.1) is 5.92 Å². The van der Waals surface area contributed by atoms with E-state index in [9.17, 15) is 9.59 Å². The van der Waals surface area contributed by atoms with Gasteiger partial charge >= 0.3 is 0 Å². The number of para-hydroxylation sites is 1. The fourth-order valence-corrected chi connectivity index (χ4v) is 5.15. The fraction of sp³-hybridized carbons (Fsp3) is 0.276. The number of anilines is 1. The Morgan fingerprint density at radius 1 is 1.14 bits per heavy atom. The quantitative estimate of drug-likeness (QED) is 0.376. The van der Waals surface area contributed by atoms with Gasteiger partial charge in [0.2, 0.25) is 5.91 Å². The molecule has 2 aromatic carbocycles. The molecule has 3 aliphatic rings. The molecule has 2 amide bonds. The van der Waals surface area contributed by atoms with E-state index in [-0.39, 0.29) is 23.8 Å². The molecule has 8 nitrogen and oxygen atoms in total. The highest BCUT2D eigenvalue weighted by atomic mass is 16.2. The standard InChI is InChI=1S/C29H32N6O2/c1-18-26(33-19(2)27(18)29(37)35-12-10-31-11-13-35)15-24-23-14-20(8-9-25(23)34-28(24)36)21(16-30)17-32-22-6-4-3-5-7-22/h3-9,14-17,19,27,31,33H,10-13,30H2,1-2H3,(H,34,36)/b21-16+,24-15-,32-17?. The summed E-state index contributed by atoms with van der Waals surface area (Å²) < 4.78 is 0. The van der Waals surface area contributed by atoms with Gasteiger partial charge in [0, 0.05) is 67.2 Å². The van der Waals surface area contributed by atoms with Crippen LogP contribution in [0.2, 0.25) is 0 Å². The zero-order chi connectivity index (χ0) is 25.9. The van der Waals surface area contributed by atoms with E-state index in [1.807, 2.05) is 73.4 Å². The molecule has 5 N–H and O–H groups in total. The van der Waals surface area contributed by atoms with Crippen molar-refractivity contribution in [3.05, 3.63) is 83.2 Å². The number of amides is 2. The lowest BCUT2D eigenvalue weighted by atomic mass is 9.93. The summed E-state index contributed by atoms with van der Waals surface area (Å²) in [6.07, 6.45) is 5.11. The monoisotopic (exact) mass is 496 g/mol. The zero-order valence-electron chi connectivity index (χ0n) is 21.1. The van der Waals surface area contributed by atoms with Crippen molar-refractivity contribution in [2.24, 2.45) is 16.6 Å². The van der Waals surface area contributed by atoms with Crippen molar-refractivity contribution in [1.82, 2.24) is 15.5 Å². The minimum Gasteiger partial charge on any atom is -0.404 e. The largest absolute Gasteiger partial charge is 0.404 e. The van der Waals surface area contributed by atoms with Gasteiger partial charge in [-0.15, -0.1) is 0 Å². The maximum atomic E-state index is 13.3. The van der Waals surface area contributed by atoms with Gasteiger partial charge in [0.05, 0.1) is 17.2 Å². The number of piperazine rings is 1. The number of carbonyl (C=O) groups excluding carboxylic acids is 2. The van der Waals surface area contributed by atoms with Crippen LogP contribution in [0.15, 0.2) is 77.1 Å². The Labute approximate surface area is 217 Å². The van der Waals surface area contributed by atoms with Crippen LogP contribution < -0.4 is 21.7 Å². The average Bonchev–Trinajstić information content (AvgIpc) is 3.39. The number of nitrogens with one attached hydrogen (secondary N) is 3. The summed E-state index contributed by atoms with van der Waals surface area (Å²) in [7, 11) is 0. The molecule has 1 fully saturated rings. The lowest BCUT2D eigenvalue weighted by molar-refractivity contribution is -0.135. The van der Waals surface area contributed by atoms with Gasteiger partial charge in [-0.25, -0.2) is 0 Å². The van der Waals surface area contributed by atoms with Gasteiger partial charge in [-0.3, -0.25) is 14.6 Å². The summed E-state index contributed by atoms with van der Waals surface area (Å²) in [5.74, 6) is -0.280. The van der Waals surface area contributed by atoms with Gasteiger partial charge in [-0.1, -0.05) is 24.3 Å². The number of nitrogens with two attached hydrogens (primary N) is 1. The van der Waals surface area contributed by atoms with Gasteiger partial charge in [-0.2, -0.15) is 0 Å². The maximum Gasteiger partial charge on any atom is 0.256 e. The first-order chi connectivity index (χ1) is 18.0. The smallest absolute Gasteiger partial charge is 0.256 e. The number of carbonyl (C=O) groups is 2. The molecule has 0 saturated carbocycles. The van der Waals surface area contributed by atoms with E-state index in [0.717, 1.165) is 65.5 Å². The van der Waals surface area contributed by atoms with Crippen molar-refractivity contribution in [3.8, 4) is 0 Å². The highest BCUT2D eigenvalue weighted by molar-refractivity contribution is 6.32. The molecule has 5 rings (SSSR count). The Hall–Kier alpha value is -4.17. The first-order valence-electron chi connectivity index (χ1n) is 12.6. The Morgan fingerprint density at radius 3 is 2.62 bits per heavy atom. The highest BCUT2D eigenvalue weighted by Crippen LogP contribution is 2.36. The molecule has 0 radical (unpaired) electrons. The number of aliphatic imine (C=N–C) groups is 1. The molecule has 3 aliphatic heterocycles. The van der Waals surface area contributed by atoms with Crippen LogP contribution >= 0.6 is 0 Å². The van der Waals surface area contributed by atoms with Gasteiger partial charge in [0.1, 0.15) is 0 Å². The van der Waals surface area contributed by atoms with Crippen LogP contribution in [0.1, 0.15) is 25.0 Å². The Balaban J connectivity index is 1.44. The maximum absolute atomic E-state index is 13.3. The van der Waals surface area contributed by atoms with E-state index in [2.05, 4.69) is 20.9 Å². The molecule has 0 spiro atoms. The Morgan fingerprint density at radius 2 is 1.89 bits per heavy atom. The second kappa shape index (κ2) is 10.4. The lowest BCUT2D eigenvalue weighted by Crippen LogP contribution is -2.50. The van der Waals surface area contributed by atoms with E-state index in [0.29, 0.717) is 5.57 Å². The molecule has 8 heteroatoms. The molecular weight excluding hydrogens is 464 g/mol. The van der Waals surface area contributed by atoms with Gasteiger partial charge in [0.25, 0.3) is 5.91 Å². The number of allylic oxidation sites excluding steroid dienone is 2. The number of benzene rings is 2. The molecule has 0 aromatic heterocycles. The van der Waals surface area contributed by atoms with Crippen molar-refractivity contribution in [2.75, 3.05) is 31.5 Å². The topological polar surface area (TPSA) is 112 Å². The summed E-state index contributed by atoms with van der Waals surface area (Å²) in [5, 5.41) is 9.69. The molecule has 2 atom stereocenters. The van der Waals surface area contributed by atoms with Crippen molar-refractivity contribution in [3.63, 3.8) is 0 Å². The minimum atomic E-state index is -0.249. The van der Waals surface area contributed by atoms with E-state index >= 15 is 0 Å². The number of hydrogen-bond acceptors (Lipinski definition) is 6.